The van der Waals surface area contributed by atoms with E-state index in [1.54, 1.807) is 0 Å². The molecule has 0 heterocycles. The summed E-state index contributed by atoms with van der Waals surface area (Å²) in [6.45, 7) is 0. The van der Waals surface area contributed by atoms with Crippen LogP contribution in [0.3, 0.4) is 0 Å². The third kappa shape index (κ3) is 13.7. The normalized spacial score (nSPS) is 11.1. The highest BCUT2D eigenvalue weighted by molar-refractivity contribution is 5.99. The maximum Gasteiger partial charge on any atom is 0.0540 e. The fourth-order valence-electron chi connectivity index (χ4n) is 15.1. The van der Waals surface area contributed by atoms with Gasteiger partial charge in [0, 0.05) is 67.9 Å². The largest absolute Gasteiger partial charge is 0.311 e. The van der Waals surface area contributed by atoms with Crippen LogP contribution in [0.15, 0.2) is 449 Å². The average molecular weight is 1380 g/mol. The van der Waals surface area contributed by atoms with E-state index in [1.165, 1.54) is 43.8 Å². The molecule has 0 amide bonds. The summed E-state index contributed by atoms with van der Waals surface area (Å²) in [5.41, 5.74) is 29.3. The molecule has 510 valence electrons. The Morgan fingerprint density at radius 3 is 0.704 bits per heavy atom. The zero-order valence-electron chi connectivity index (χ0n) is 59.5. The first kappa shape index (κ1) is 65.7. The summed E-state index contributed by atoms with van der Waals surface area (Å²) in [6, 6.07) is 162. The van der Waals surface area contributed by atoms with Gasteiger partial charge in [0.1, 0.15) is 0 Å². The Kier molecular flexibility index (Phi) is 18.1. The van der Waals surface area contributed by atoms with Gasteiger partial charge in [-0.3, -0.25) is 0 Å². The van der Waals surface area contributed by atoms with Crippen molar-refractivity contribution in [1.82, 2.24) is 0 Å². The molecule has 0 aliphatic carbocycles. The van der Waals surface area contributed by atoms with Gasteiger partial charge in [0.15, 0.2) is 0 Å². The molecule has 0 bridgehead atoms. The molecule has 0 aliphatic heterocycles. The van der Waals surface area contributed by atoms with Crippen molar-refractivity contribution in [2.24, 2.45) is 0 Å². The summed E-state index contributed by atoms with van der Waals surface area (Å²) < 4.78 is 0. The Hall–Kier alpha value is -14.3. The smallest absolute Gasteiger partial charge is 0.0540 e. The second kappa shape index (κ2) is 29.8. The number of para-hydroxylation sites is 2. The second-order valence-corrected chi connectivity index (χ2v) is 27.3. The Bertz CT molecular complexity index is 6080. The van der Waals surface area contributed by atoms with E-state index in [4.69, 9.17) is 0 Å². The first-order valence-corrected chi connectivity index (χ1v) is 36.9. The molecule has 0 aliphatic rings. The predicted octanol–water partition coefficient (Wildman–Crippen LogP) is 29.5. The lowest BCUT2D eigenvalue weighted by Gasteiger charge is -2.27. The van der Waals surface area contributed by atoms with Crippen molar-refractivity contribution in [3.05, 3.63) is 449 Å². The number of anilines is 12. The van der Waals surface area contributed by atoms with Crippen molar-refractivity contribution in [3.8, 4) is 77.9 Å². The van der Waals surface area contributed by atoms with E-state index in [1.807, 2.05) is 0 Å². The molecule has 0 fully saturated rings. The average Bonchev–Trinajstić information content (AvgIpc) is 0.800. The number of hydrogen-bond donors (Lipinski definition) is 0. The Labute approximate surface area is 632 Å². The second-order valence-electron chi connectivity index (χ2n) is 27.3. The summed E-state index contributed by atoms with van der Waals surface area (Å²) in [7, 11) is 0. The molecule has 0 atom stereocenters. The van der Waals surface area contributed by atoms with Crippen molar-refractivity contribution in [1.29, 1.82) is 0 Å². The molecule has 4 nitrogen and oxygen atoms in total. The van der Waals surface area contributed by atoms with Crippen LogP contribution in [0, 0.1) is 0 Å². The molecule has 18 aromatic rings. The van der Waals surface area contributed by atoms with Gasteiger partial charge in [-0.1, -0.05) is 297 Å². The first-order valence-electron chi connectivity index (χ1n) is 36.9. The minimum Gasteiger partial charge on any atom is -0.311 e. The van der Waals surface area contributed by atoms with E-state index in [9.17, 15) is 0 Å². The minimum absolute atomic E-state index is 1.07. The number of fused-ring (bicyclic) bond motifs is 2. The molecule has 0 saturated heterocycles. The molecule has 0 radical (unpaired) electrons. The lowest BCUT2D eigenvalue weighted by molar-refractivity contribution is 1.28. The Morgan fingerprint density at radius 1 is 0.111 bits per heavy atom. The summed E-state index contributed by atoms with van der Waals surface area (Å²) in [5.74, 6) is 0. The molecule has 0 aromatic heterocycles. The van der Waals surface area contributed by atoms with E-state index >= 15 is 0 Å². The SMILES string of the molecule is c1ccc(-c2ccc(N(c3ccc(-c4ccc(N(c5ccccc5)c5ccc6ccccc6c5)cc4)cc3)c3ccc(-c4cccc(-c5cccc(-c6ccc(N(c7ccc(-c8ccccc8)cc7)c7ccc(-c8ccc(N(c9ccccc9)c9cccc%10ccccc9%10)cc8)cc7)cc6)c5)c4)cc3)cc2)cc1. The van der Waals surface area contributed by atoms with Gasteiger partial charge in [-0.15, -0.1) is 0 Å². The monoisotopic (exact) mass is 1380 g/mol. The lowest BCUT2D eigenvalue weighted by Crippen LogP contribution is -2.10. The van der Waals surface area contributed by atoms with Crippen molar-refractivity contribution in [2.45, 2.75) is 0 Å². The van der Waals surface area contributed by atoms with E-state index in [0.717, 1.165) is 124 Å². The summed E-state index contributed by atoms with van der Waals surface area (Å²) in [4.78, 5) is 9.40. The summed E-state index contributed by atoms with van der Waals surface area (Å²) in [5, 5.41) is 4.85. The number of rotatable bonds is 19. The fourth-order valence-corrected chi connectivity index (χ4v) is 15.1. The van der Waals surface area contributed by atoms with Gasteiger partial charge in [-0.05, 0) is 246 Å². The maximum atomic E-state index is 2.36. The zero-order valence-corrected chi connectivity index (χ0v) is 59.5. The Balaban J connectivity index is 0.605. The lowest BCUT2D eigenvalue weighted by atomic mass is 9.96. The quantitative estimate of drug-likeness (QED) is 0.0800. The van der Waals surface area contributed by atoms with Gasteiger partial charge >= 0.3 is 0 Å². The maximum absolute atomic E-state index is 2.36. The molecule has 18 aromatic carbocycles. The van der Waals surface area contributed by atoms with Crippen molar-refractivity contribution < 1.29 is 0 Å². The molecule has 108 heavy (non-hydrogen) atoms. The molecule has 4 heteroatoms. The van der Waals surface area contributed by atoms with Gasteiger partial charge in [0.05, 0.1) is 5.69 Å². The summed E-state index contributed by atoms with van der Waals surface area (Å²) in [6.07, 6.45) is 0. The van der Waals surface area contributed by atoms with Crippen LogP contribution in [0.4, 0.5) is 68.2 Å². The van der Waals surface area contributed by atoms with Crippen molar-refractivity contribution >= 4 is 89.8 Å². The highest BCUT2D eigenvalue weighted by atomic mass is 15.2. The molecule has 18 rings (SSSR count). The molecule has 0 N–H and O–H groups in total. The van der Waals surface area contributed by atoms with Crippen LogP contribution in [0.25, 0.3) is 99.4 Å². The third-order valence-corrected chi connectivity index (χ3v) is 20.6. The molecule has 0 spiro atoms. The van der Waals surface area contributed by atoms with Crippen LogP contribution in [-0.2, 0) is 0 Å². The van der Waals surface area contributed by atoms with Gasteiger partial charge in [0.2, 0.25) is 0 Å². The molecular formula is C104H74N4. The van der Waals surface area contributed by atoms with Gasteiger partial charge < -0.3 is 19.6 Å². The van der Waals surface area contributed by atoms with Gasteiger partial charge in [0.25, 0.3) is 0 Å². The van der Waals surface area contributed by atoms with E-state index < -0.39 is 0 Å². The predicted molar refractivity (Wildman–Crippen MR) is 458 cm³/mol. The van der Waals surface area contributed by atoms with Crippen LogP contribution >= 0.6 is 0 Å². The standard InChI is InChI=1S/C104H74N4/c1-5-20-75(21-6-1)78-38-55-94(56-39-78)105(96-59-42-80(43-60-96)82-46-63-100(64-47-82)107(92-32-9-3-10-33-92)102-71-54-77-24-13-14-26-91(77)74-102)98-65-50-84(51-66-98)87-28-17-30-89(72-87)90-31-18-29-88(73-90)85-52-67-99(68-53-85)106(95-57-40-79(41-58-95)76-22-7-2-8-23-76)97-61-44-81(45-62-97)83-48-69-101(70-49-83)108(93-34-11-4-12-35-93)104-37-19-27-86-25-15-16-36-103(86)104/h1-74H. The Morgan fingerprint density at radius 2 is 0.333 bits per heavy atom. The number of benzene rings is 18. The van der Waals surface area contributed by atoms with E-state index in [2.05, 4.69) is 469 Å². The highest BCUT2D eigenvalue weighted by Gasteiger charge is 2.21. The van der Waals surface area contributed by atoms with E-state index in [-0.39, 0.29) is 0 Å². The molecular weight excluding hydrogens is 1310 g/mol. The zero-order chi connectivity index (χ0) is 72.0. The van der Waals surface area contributed by atoms with Crippen molar-refractivity contribution in [2.75, 3.05) is 19.6 Å². The van der Waals surface area contributed by atoms with Crippen LogP contribution < -0.4 is 19.6 Å². The number of nitrogens with zero attached hydrogens (tertiary/aromatic N) is 4. The third-order valence-electron chi connectivity index (χ3n) is 20.6. The van der Waals surface area contributed by atoms with Crippen molar-refractivity contribution in [3.63, 3.8) is 0 Å². The van der Waals surface area contributed by atoms with E-state index in [0.29, 0.717) is 0 Å². The minimum atomic E-state index is 1.07. The van der Waals surface area contributed by atoms with Crippen LogP contribution in [-0.4, -0.2) is 0 Å². The van der Waals surface area contributed by atoms with Crippen LogP contribution in [0.5, 0.6) is 0 Å². The van der Waals surface area contributed by atoms with Gasteiger partial charge in [-0.25, -0.2) is 0 Å². The fraction of sp³-hybridized carbons (Fsp3) is 0. The number of hydrogen-bond acceptors (Lipinski definition) is 4. The van der Waals surface area contributed by atoms with Crippen LogP contribution in [0.2, 0.25) is 0 Å². The molecule has 0 saturated carbocycles. The van der Waals surface area contributed by atoms with Gasteiger partial charge in [-0.2, -0.15) is 0 Å². The highest BCUT2D eigenvalue weighted by Crippen LogP contribution is 2.45. The summed E-state index contributed by atoms with van der Waals surface area (Å²) >= 11 is 0. The first-order chi connectivity index (χ1) is 53.5. The topological polar surface area (TPSA) is 13.0 Å². The molecule has 0 unspecified atom stereocenters. The van der Waals surface area contributed by atoms with Crippen LogP contribution in [0.1, 0.15) is 0 Å².